The Kier molecular flexibility index (Phi) is 5.45. The lowest BCUT2D eigenvalue weighted by Crippen LogP contribution is -1.93. The number of aliphatic imine (C=N–C) groups is 1. The zero-order valence-electron chi connectivity index (χ0n) is 14.7. The predicted molar refractivity (Wildman–Crippen MR) is 116 cm³/mol. The van der Waals surface area contributed by atoms with Gasteiger partial charge in [-0.05, 0) is 29.8 Å². The minimum absolute atomic E-state index is 0.0460. The van der Waals surface area contributed by atoms with Crippen LogP contribution in [-0.4, -0.2) is 16.1 Å². The van der Waals surface area contributed by atoms with Gasteiger partial charge in [0.05, 0.1) is 26.4 Å². The van der Waals surface area contributed by atoms with Crippen LogP contribution in [0.25, 0.3) is 10.2 Å². The molecule has 0 radical (unpaired) electrons. The van der Waals surface area contributed by atoms with Crippen LogP contribution in [0.1, 0.15) is 11.1 Å². The first-order chi connectivity index (χ1) is 13.7. The SMILES string of the molecule is O=[N+]([O-])c1ccccc1C=Nc1ccc2nc(SCc3ccccc3)sc2c1. The normalized spacial score (nSPS) is 11.3. The minimum atomic E-state index is -0.399. The van der Waals surface area contributed by atoms with E-state index in [9.17, 15) is 10.1 Å². The van der Waals surface area contributed by atoms with E-state index in [0.29, 0.717) is 5.56 Å². The number of nitrogens with zero attached hydrogens (tertiary/aromatic N) is 3. The number of hydrogen-bond donors (Lipinski definition) is 0. The van der Waals surface area contributed by atoms with E-state index in [2.05, 4.69) is 22.1 Å². The smallest absolute Gasteiger partial charge is 0.258 e. The highest BCUT2D eigenvalue weighted by atomic mass is 32.2. The maximum atomic E-state index is 11.1. The second kappa shape index (κ2) is 8.33. The molecule has 1 aromatic heterocycles. The molecule has 0 fully saturated rings. The van der Waals surface area contributed by atoms with Crippen LogP contribution in [-0.2, 0) is 5.75 Å². The van der Waals surface area contributed by atoms with Crippen molar-refractivity contribution >= 4 is 50.9 Å². The molecule has 0 aliphatic rings. The molecule has 0 bridgehead atoms. The predicted octanol–water partition coefficient (Wildman–Crippen LogP) is 6.25. The number of nitro benzene ring substituents is 1. The quantitative estimate of drug-likeness (QED) is 0.165. The van der Waals surface area contributed by atoms with Crippen LogP contribution in [0, 0.1) is 10.1 Å². The van der Waals surface area contributed by atoms with Crippen molar-refractivity contribution in [2.75, 3.05) is 0 Å². The number of aromatic nitrogens is 1. The first kappa shape index (κ1) is 18.3. The van der Waals surface area contributed by atoms with Crippen LogP contribution in [0.15, 0.2) is 82.1 Å². The molecule has 0 aliphatic heterocycles. The molecule has 0 amide bonds. The lowest BCUT2D eigenvalue weighted by Gasteiger charge is -1.97. The van der Waals surface area contributed by atoms with E-state index in [1.165, 1.54) is 17.8 Å². The summed E-state index contributed by atoms with van der Waals surface area (Å²) in [6, 6.07) is 22.6. The Morgan fingerprint density at radius 2 is 1.86 bits per heavy atom. The third-order valence-corrected chi connectivity index (χ3v) is 6.28. The van der Waals surface area contributed by atoms with Gasteiger partial charge >= 0.3 is 0 Å². The van der Waals surface area contributed by atoms with Crippen molar-refractivity contribution < 1.29 is 4.92 Å². The maximum absolute atomic E-state index is 11.1. The van der Waals surface area contributed by atoms with E-state index in [1.54, 1.807) is 41.3 Å². The fourth-order valence-corrected chi connectivity index (χ4v) is 4.72. The Hall–Kier alpha value is -3.03. The standard InChI is InChI=1S/C21H15N3O2S2/c25-24(26)19-9-5-4-8-16(19)13-22-17-10-11-18-20(12-17)28-21(23-18)27-14-15-6-2-1-3-7-15/h1-13H,14H2. The van der Waals surface area contributed by atoms with Crippen LogP contribution >= 0.6 is 23.1 Å². The largest absolute Gasteiger partial charge is 0.278 e. The van der Waals surface area contributed by atoms with Gasteiger partial charge in [-0.1, -0.05) is 54.2 Å². The molecule has 0 atom stereocenters. The van der Waals surface area contributed by atoms with Gasteiger partial charge in [-0.15, -0.1) is 11.3 Å². The monoisotopic (exact) mass is 405 g/mol. The number of para-hydroxylation sites is 1. The summed E-state index contributed by atoms with van der Waals surface area (Å²) in [6.07, 6.45) is 1.53. The van der Waals surface area contributed by atoms with Gasteiger partial charge in [0.1, 0.15) is 0 Å². The Labute approximate surface area is 169 Å². The van der Waals surface area contributed by atoms with E-state index < -0.39 is 4.92 Å². The highest BCUT2D eigenvalue weighted by molar-refractivity contribution is 8.00. The third-order valence-electron chi connectivity index (χ3n) is 4.04. The van der Waals surface area contributed by atoms with E-state index in [-0.39, 0.29) is 5.69 Å². The zero-order valence-corrected chi connectivity index (χ0v) is 16.3. The van der Waals surface area contributed by atoms with E-state index in [4.69, 9.17) is 0 Å². The summed E-state index contributed by atoms with van der Waals surface area (Å²) in [5.41, 5.74) is 3.47. The number of fused-ring (bicyclic) bond motifs is 1. The number of rotatable bonds is 6. The summed E-state index contributed by atoms with van der Waals surface area (Å²) in [6.45, 7) is 0. The fraction of sp³-hybridized carbons (Fsp3) is 0.0476. The molecule has 4 aromatic rings. The van der Waals surface area contributed by atoms with Crippen molar-refractivity contribution in [2.24, 2.45) is 4.99 Å². The van der Waals surface area contributed by atoms with E-state index >= 15 is 0 Å². The molecule has 4 rings (SSSR count). The van der Waals surface area contributed by atoms with Crippen molar-refractivity contribution in [2.45, 2.75) is 10.1 Å². The van der Waals surface area contributed by atoms with Crippen molar-refractivity contribution in [3.8, 4) is 0 Å². The van der Waals surface area contributed by atoms with Crippen LogP contribution in [0.2, 0.25) is 0 Å². The van der Waals surface area contributed by atoms with Gasteiger partial charge in [0.25, 0.3) is 5.69 Å². The van der Waals surface area contributed by atoms with Gasteiger partial charge in [0, 0.05) is 18.0 Å². The molecule has 7 heteroatoms. The zero-order chi connectivity index (χ0) is 19.3. The summed E-state index contributed by atoms with van der Waals surface area (Å²) in [5.74, 6) is 0.878. The van der Waals surface area contributed by atoms with Gasteiger partial charge in [-0.3, -0.25) is 15.1 Å². The third kappa shape index (κ3) is 4.27. The van der Waals surface area contributed by atoms with Crippen LogP contribution in [0.3, 0.4) is 0 Å². The Balaban J connectivity index is 1.53. The lowest BCUT2D eigenvalue weighted by atomic mass is 10.2. The number of thioether (sulfide) groups is 1. The molecule has 138 valence electrons. The first-order valence-electron chi connectivity index (χ1n) is 8.54. The molecular formula is C21H15N3O2S2. The molecule has 1 heterocycles. The molecule has 3 aromatic carbocycles. The molecule has 0 spiro atoms. The summed E-state index contributed by atoms with van der Waals surface area (Å²) in [5, 5.41) is 11.1. The van der Waals surface area contributed by atoms with Crippen molar-refractivity contribution in [3.63, 3.8) is 0 Å². The van der Waals surface area contributed by atoms with Crippen LogP contribution in [0.5, 0.6) is 0 Å². The highest BCUT2D eigenvalue weighted by Gasteiger charge is 2.10. The molecule has 28 heavy (non-hydrogen) atoms. The Bertz CT molecular complexity index is 1160. The van der Waals surface area contributed by atoms with Crippen LogP contribution < -0.4 is 0 Å². The van der Waals surface area contributed by atoms with Gasteiger partial charge in [-0.25, -0.2) is 4.98 Å². The summed E-state index contributed by atoms with van der Waals surface area (Å²) in [4.78, 5) is 19.8. The first-order valence-corrected chi connectivity index (χ1v) is 10.3. The highest BCUT2D eigenvalue weighted by Crippen LogP contribution is 2.33. The van der Waals surface area contributed by atoms with E-state index in [1.807, 2.05) is 36.4 Å². The Morgan fingerprint density at radius 3 is 2.68 bits per heavy atom. The number of benzene rings is 3. The van der Waals surface area contributed by atoms with Crippen LogP contribution in [0.4, 0.5) is 11.4 Å². The van der Waals surface area contributed by atoms with Crippen molar-refractivity contribution in [1.29, 1.82) is 0 Å². The molecule has 0 N–H and O–H groups in total. The topological polar surface area (TPSA) is 68.4 Å². The molecule has 0 saturated heterocycles. The molecule has 0 unspecified atom stereocenters. The molecule has 5 nitrogen and oxygen atoms in total. The molecule has 0 saturated carbocycles. The second-order valence-electron chi connectivity index (χ2n) is 5.98. The lowest BCUT2D eigenvalue weighted by molar-refractivity contribution is -0.385. The number of hydrogen-bond acceptors (Lipinski definition) is 6. The molecular weight excluding hydrogens is 390 g/mol. The summed E-state index contributed by atoms with van der Waals surface area (Å²) >= 11 is 3.34. The van der Waals surface area contributed by atoms with Gasteiger partial charge < -0.3 is 0 Å². The summed E-state index contributed by atoms with van der Waals surface area (Å²) < 4.78 is 2.06. The summed E-state index contributed by atoms with van der Waals surface area (Å²) in [7, 11) is 0. The maximum Gasteiger partial charge on any atom is 0.278 e. The minimum Gasteiger partial charge on any atom is -0.258 e. The average molecular weight is 406 g/mol. The Morgan fingerprint density at radius 1 is 1.07 bits per heavy atom. The van der Waals surface area contributed by atoms with E-state index in [0.717, 1.165) is 26.0 Å². The second-order valence-corrected chi connectivity index (χ2v) is 8.23. The van der Waals surface area contributed by atoms with Crippen molar-refractivity contribution in [1.82, 2.24) is 4.98 Å². The number of thiazole rings is 1. The van der Waals surface area contributed by atoms with Gasteiger partial charge in [0.15, 0.2) is 4.34 Å². The number of nitro groups is 1. The molecule has 0 aliphatic carbocycles. The van der Waals surface area contributed by atoms with Gasteiger partial charge in [-0.2, -0.15) is 0 Å². The fourth-order valence-electron chi connectivity index (χ4n) is 2.66. The van der Waals surface area contributed by atoms with Gasteiger partial charge in [0.2, 0.25) is 0 Å². The average Bonchev–Trinajstić information content (AvgIpc) is 3.14. The van der Waals surface area contributed by atoms with Crippen molar-refractivity contribution in [3.05, 3.63) is 94.0 Å².